The number of nitrogens with two attached hydrogens (primary N) is 1. The maximum Gasteiger partial charge on any atom is 0.0950 e. The molecular weight excluding hydrogens is 256 g/mol. The molecule has 3 aromatic rings. The highest BCUT2D eigenvalue weighted by molar-refractivity contribution is 6.00. The second kappa shape index (κ2) is 5.41. The summed E-state index contributed by atoms with van der Waals surface area (Å²) in [6.45, 7) is 2.09. The molecule has 3 N–H and O–H groups in total. The molecule has 0 aliphatic carbocycles. The Morgan fingerprint density at radius 1 is 0.952 bits per heavy atom. The molecule has 0 bridgehead atoms. The van der Waals surface area contributed by atoms with Gasteiger partial charge in [-0.2, -0.15) is 0 Å². The molecule has 0 aromatic heterocycles. The largest absolute Gasteiger partial charge is 0.387 e. The van der Waals surface area contributed by atoms with Gasteiger partial charge in [0.15, 0.2) is 0 Å². The van der Waals surface area contributed by atoms with Gasteiger partial charge in [-0.3, -0.25) is 5.41 Å². The van der Waals surface area contributed by atoms with Gasteiger partial charge in [-0.1, -0.05) is 66.2 Å². The first-order valence-corrected chi connectivity index (χ1v) is 7.06. The third kappa shape index (κ3) is 2.65. The van der Waals surface area contributed by atoms with Crippen LogP contribution < -0.4 is 5.73 Å². The molecule has 0 saturated heterocycles. The van der Waals surface area contributed by atoms with Crippen molar-refractivity contribution in [1.29, 1.82) is 5.41 Å². The molecule has 0 unspecified atom stereocenters. The van der Waals surface area contributed by atoms with Gasteiger partial charge in [-0.05, 0) is 34.4 Å². The van der Waals surface area contributed by atoms with Crippen molar-refractivity contribution in [3.05, 3.63) is 71.8 Å². The van der Waals surface area contributed by atoms with Gasteiger partial charge in [0.1, 0.15) is 0 Å². The molecule has 0 saturated carbocycles. The number of fused-ring (bicyclic) bond motifs is 1. The van der Waals surface area contributed by atoms with Crippen LogP contribution in [0.5, 0.6) is 0 Å². The molecule has 0 spiro atoms. The predicted molar refractivity (Wildman–Crippen MR) is 89.7 cm³/mol. The molecule has 2 nitrogen and oxygen atoms in total. The minimum atomic E-state index is 0.196. The van der Waals surface area contributed by atoms with E-state index < -0.39 is 0 Å². The average molecular weight is 274 g/mol. The molecule has 0 amide bonds. The fraction of sp³-hybridized carbons (Fsp3) is 0.105. The third-order valence-electron chi connectivity index (χ3n) is 3.73. The predicted octanol–water partition coefficient (Wildman–Crippen LogP) is 4.29. The Labute approximate surface area is 124 Å². The number of rotatable bonds is 3. The highest BCUT2D eigenvalue weighted by atomic mass is 14.7. The highest BCUT2D eigenvalue weighted by Crippen LogP contribution is 2.31. The van der Waals surface area contributed by atoms with E-state index in [9.17, 15) is 0 Å². The topological polar surface area (TPSA) is 49.9 Å². The molecule has 2 heteroatoms. The van der Waals surface area contributed by atoms with Crippen molar-refractivity contribution >= 4 is 16.6 Å². The quantitative estimate of drug-likeness (QED) is 0.543. The Morgan fingerprint density at radius 3 is 2.29 bits per heavy atom. The van der Waals surface area contributed by atoms with E-state index in [2.05, 4.69) is 61.5 Å². The summed E-state index contributed by atoms with van der Waals surface area (Å²) in [6, 6.07) is 21.1. The lowest BCUT2D eigenvalue weighted by Crippen LogP contribution is -2.13. The fourth-order valence-corrected chi connectivity index (χ4v) is 2.74. The normalized spacial score (nSPS) is 10.7. The highest BCUT2D eigenvalue weighted by Gasteiger charge is 2.08. The molecule has 3 aromatic carbocycles. The smallest absolute Gasteiger partial charge is 0.0950 e. The Balaban J connectivity index is 2.27. The van der Waals surface area contributed by atoms with E-state index in [-0.39, 0.29) is 5.84 Å². The van der Waals surface area contributed by atoms with Crippen LogP contribution in [0.25, 0.3) is 21.9 Å². The van der Waals surface area contributed by atoms with Crippen LogP contribution in [0.4, 0.5) is 0 Å². The van der Waals surface area contributed by atoms with Crippen LogP contribution >= 0.6 is 0 Å². The summed E-state index contributed by atoms with van der Waals surface area (Å²) in [5.74, 6) is 0.196. The number of amidine groups is 1. The van der Waals surface area contributed by atoms with Gasteiger partial charge in [-0.15, -0.1) is 0 Å². The van der Waals surface area contributed by atoms with E-state index in [1.807, 2.05) is 6.07 Å². The Kier molecular flexibility index (Phi) is 3.44. The monoisotopic (exact) mass is 274 g/mol. The second-order valence-corrected chi connectivity index (χ2v) is 5.39. The van der Waals surface area contributed by atoms with Crippen molar-refractivity contribution in [3.8, 4) is 11.1 Å². The Morgan fingerprint density at radius 2 is 1.62 bits per heavy atom. The number of benzene rings is 3. The van der Waals surface area contributed by atoms with E-state index in [0.717, 1.165) is 5.56 Å². The minimum Gasteiger partial charge on any atom is -0.387 e. The first kappa shape index (κ1) is 13.4. The summed E-state index contributed by atoms with van der Waals surface area (Å²) in [4.78, 5) is 0. The van der Waals surface area contributed by atoms with E-state index in [4.69, 9.17) is 11.1 Å². The second-order valence-electron chi connectivity index (χ2n) is 5.39. The van der Waals surface area contributed by atoms with Crippen LogP contribution in [0.2, 0.25) is 0 Å². The standard InChI is InChI=1S/C19H18N2/c1-13-8-10-14(11-9-13)17-7-3-5-15-4-2-6-16(19(15)17)12-18(20)21/h2-11H,12H2,1H3,(H3,20,21). The first-order valence-electron chi connectivity index (χ1n) is 7.06. The molecule has 0 fully saturated rings. The van der Waals surface area contributed by atoms with Crippen LogP contribution in [0.1, 0.15) is 11.1 Å². The summed E-state index contributed by atoms with van der Waals surface area (Å²) >= 11 is 0. The molecule has 21 heavy (non-hydrogen) atoms. The summed E-state index contributed by atoms with van der Waals surface area (Å²) in [5.41, 5.74) is 10.4. The Bertz CT molecular complexity index is 796. The van der Waals surface area contributed by atoms with Crippen molar-refractivity contribution in [2.24, 2.45) is 5.73 Å². The van der Waals surface area contributed by atoms with E-state index in [1.165, 1.54) is 27.5 Å². The average Bonchev–Trinajstić information content (AvgIpc) is 2.47. The van der Waals surface area contributed by atoms with Gasteiger partial charge in [0.25, 0.3) is 0 Å². The van der Waals surface area contributed by atoms with Crippen LogP contribution in [-0.2, 0) is 6.42 Å². The van der Waals surface area contributed by atoms with Gasteiger partial charge >= 0.3 is 0 Å². The lowest BCUT2D eigenvalue weighted by atomic mass is 9.93. The van der Waals surface area contributed by atoms with Crippen molar-refractivity contribution in [3.63, 3.8) is 0 Å². The summed E-state index contributed by atoms with van der Waals surface area (Å²) in [7, 11) is 0. The van der Waals surface area contributed by atoms with Crippen LogP contribution in [0, 0.1) is 12.3 Å². The molecule has 0 aliphatic rings. The SMILES string of the molecule is Cc1ccc(-c2cccc3cccc(CC(=N)N)c23)cc1. The molecule has 0 atom stereocenters. The van der Waals surface area contributed by atoms with Gasteiger partial charge < -0.3 is 5.73 Å². The lowest BCUT2D eigenvalue weighted by molar-refractivity contribution is 1.27. The molecule has 0 radical (unpaired) electrons. The van der Waals surface area contributed by atoms with E-state index in [0.29, 0.717) is 6.42 Å². The van der Waals surface area contributed by atoms with Crippen LogP contribution in [0.15, 0.2) is 60.7 Å². The fourth-order valence-electron chi connectivity index (χ4n) is 2.74. The van der Waals surface area contributed by atoms with Crippen molar-refractivity contribution in [1.82, 2.24) is 0 Å². The molecular formula is C19H18N2. The maximum absolute atomic E-state index is 7.59. The number of hydrogen-bond acceptors (Lipinski definition) is 1. The van der Waals surface area contributed by atoms with Gasteiger partial charge in [0.2, 0.25) is 0 Å². The summed E-state index contributed by atoms with van der Waals surface area (Å²) < 4.78 is 0. The molecule has 0 heterocycles. The summed E-state index contributed by atoms with van der Waals surface area (Å²) in [6.07, 6.45) is 0.486. The zero-order valence-electron chi connectivity index (χ0n) is 12.1. The molecule has 104 valence electrons. The van der Waals surface area contributed by atoms with Crippen molar-refractivity contribution in [2.75, 3.05) is 0 Å². The molecule has 3 rings (SSSR count). The molecule has 0 aliphatic heterocycles. The van der Waals surface area contributed by atoms with E-state index in [1.54, 1.807) is 0 Å². The van der Waals surface area contributed by atoms with Gasteiger partial charge in [0, 0.05) is 6.42 Å². The van der Waals surface area contributed by atoms with Crippen molar-refractivity contribution < 1.29 is 0 Å². The lowest BCUT2D eigenvalue weighted by Gasteiger charge is -2.12. The zero-order chi connectivity index (χ0) is 14.8. The first-order chi connectivity index (χ1) is 10.1. The zero-order valence-corrected chi connectivity index (χ0v) is 12.1. The minimum absolute atomic E-state index is 0.196. The van der Waals surface area contributed by atoms with E-state index >= 15 is 0 Å². The van der Waals surface area contributed by atoms with Crippen LogP contribution in [0.3, 0.4) is 0 Å². The van der Waals surface area contributed by atoms with Gasteiger partial charge in [-0.25, -0.2) is 0 Å². The van der Waals surface area contributed by atoms with Crippen LogP contribution in [-0.4, -0.2) is 5.84 Å². The number of hydrogen-bond donors (Lipinski definition) is 2. The summed E-state index contributed by atoms with van der Waals surface area (Å²) in [5, 5.41) is 9.97. The number of nitrogens with one attached hydrogen (secondary N) is 1. The number of aryl methyl sites for hydroxylation is 1. The third-order valence-corrected chi connectivity index (χ3v) is 3.73. The maximum atomic E-state index is 7.59. The van der Waals surface area contributed by atoms with Gasteiger partial charge in [0.05, 0.1) is 5.84 Å². The Hall–Kier alpha value is -2.61. The van der Waals surface area contributed by atoms with Crippen molar-refractivity contribution in [2.45, 2.75) is 13.3 Å².